The molecule has 1 heterocycles. The van der Waals surface area contributed by atoms with Crippen molar-refractivity contribution in [2.75, 3.05) is 6.61 Å². The fourth-order valence-corrected chi connectivity index (χ4v) is 4.15. The molecule has 0 saturated heterocycles. The van der Waals surface area contributed by atoms with Gasteiger partial charge in [-0.1, -0.05) is 59.4 Å². The normalized spacial score (nSPS) is 12.2. The monoisotopic (exact) mass is 426 g/mol. The summed E-state index contributed by atoms with van der Waals surface area (Å²) in [7, 11) is 0. The van der Waals surface area contributed by atoms with E-state index in [9.17, 15) is 9.90 Å². The summed E-state index contributed by atoms with van der Waals surface area (Å²) in [5.74, 6) is -0.507. The standard InChI is InChI=1S/C22H22N2O3S2/c1-3-27-21(26)18(13-16-7-5-4-6-8-16)24-20(25)19(29-22(24)28)14-23-17-11-9-15(2)10-12-17/h4-12,14,18,25H,3,13H2,1-2H3/t18-/m0/s1. The summed E-state index contributed by atoms with van der Waals surface area (Å²) in [5, 5.41) is 10.8. The molecule has 0 aliphatic rings. The topological polar surface area (TPSA) is 63.8 Å². The summed E-state index contributed by atoms with van der Waals surface area (Å²) in [6.07, 6.45) is 1.94. The zero-order valence-electron chi connectivity index (χ0n) is 16.2. The van der Waals surface area contributed by atoms with Gasteiger partial charge in [0.25, 0.3) is 0 Å². The summed E-state index contributed by atoms with van der Waals surface area (Å²) in [4.78, 5) is 17.5. The van der Waals surface area contributed by atoms with E-state index in [1.165, 1.54) is 15.9 Å². The number of hydrogen-bond donors (Lipinski definition) is 1. The molecule has 150 valence electrons. The predicted octanol–water partition coefficient (Wildman–Crippen LogP) is 5.39. The molecular formula is C22H22N2O3S2. The van der Waals surface area contributed by atoms with E-state index in [4.69, 9.17) is 17.0 Å². The molecular weight excluding hydrogens is 404 g/mol. The van der Waals surface area contributed by atoms with Crippen LogP contribution in [-0.4, -0.2) is 28.5 Å². The van der Waals surface area contributed by atoms with Gasteiger partial charge in [-0.05, 0) is 43.8 Å². The van der Waals surface area contributed by atoms with E-state index >= 15 is 0 Å². The van der Waals surface area contributed by atoms with Gasteiger partial charge in [-0.2, -0.15) is 0 Å². The van der Waals surface area contributed by atoms with E-state index in [1.54, 1.807) is 13.1 Å². The van der Waals surface area contributed by atoms with Crippen molar-refractivity contribution in [1.82, 2.24) is 4.57 Å². The summed E-state index contributed by atoms with van der Waals surface area (Å²) in [6, 6.07) is 16.6. The van der Waals surface area contributed by atoms with Gasteiger partial charge in [0.1, 0.15) is 10.9 Å². The number of aliphatic imine (C=N–C) groups is 1. The molecule has 0 fully saturated rings. The summed E-state index contributed by atoms with van der Waals surface area (Å²) < 4.78 is 7.09. The quantitative estimate of drug-likeness (QED) is 0.312. The molecule has 0 aliphatic heterocycles. The Morgan fingerprint density at radius 3 is 2.59 bits per heavy atom. The minimum atomic E-state index is -0.748. The fourth-order valence-electron chi connectivity index (χ4n) is 2.87. The molecule has 0 aliphatic carbocycles. The van der Waals surface area contributed by atoms with Crippen LogP contribution >= 0.6 is 23.6 Å². The van der Waals surface area contributed by atoms with Gasteiger partial charge in [-0.3, -0.25) is 9.56 Å². The third kappa shape index (κ3) is 5.19. The molecule has 0 spiro atoms. The second kappa shape index (κ2) is 9.62. The molecule has 0 amide bonds. The maximum Gasteiger partial charge on any atom is 0.329 e. The molecule has 7 heteroatoms. The Balaban J connectivity index is 1.94. The van der Waals surface area contributed by atoms with Crippen LogP contribution in [-0.2, 0) is 16.0 Å². The number of thiazole rings is 1. The smallest absolute Gasteiger partial charge is 0.329 e. The summed E-state index contributed by atoms with van der Waals surface area (Å²) >= 11 is 6.66. The number of ether oxygens (including phenoxy) is 1. The number of aromatic hydroxyl groups is 1. The lowest BCUT2D eigenvalue weighted by atomic mass is 10.1. The number of nitrogens with zero attached hydrogens (tertiary/aromatic N) is 2. The molecule has 0 bridgehead atoms. The van der Waals surface area contributed by atoms with E-state index in [-0.39, 0.29) is 12.5 Å². The lowest BCUT2D eigenvalue weighted by molar-refractivity contribution is -0.147. The van der Waals surface area contributed by atoms with E-state index in [2.05, 4.69) is 4.99 Å². The number of esters is 1. The zero-order chi connectivity index (χ0) is 20.8. The summed E-state index contributed by atoms with van der Waals surface area (Å²) in [5.41, 5.74) is 2.87. The van der Waals surface area contributed by atoms with Crippen molar-refractivity contribution < 1.29 is 14.6 Å². The van der Waals surface area contributed by atoms with Crippen LogP contribution in [0.4, 0.5) is 5.69 Å². The Hall–Kier alpha value is -2.77. The minimum absolute atomic E-state index is 0.0788. The first-order valence-electron chi connectivity index (χ1n) is 9.25. The van der Waals surface area contributed by atoms with Gasteiger partial charge in [-0.15, -0.1) is 0 Å². The molecule has 1 aromatic heterocycles. The minimum Gasteiger partial charge on any atom is -0.493 e. The third-order valence-electron chi connectivity index (χ3n) is 4.35. The van der Waals surface area contributed by atoms with Crippen LogP contribution in [0.15, 0.2) is 59.6 Å². The number of carbonyl (C=O) groups is 1. The SMILES string of the molecule is CCOC(=O)[C@H](Cc1ccccc1)n1c(O)c(C=Nc2ccc(C)cc2)sc1=S. The van der Waals surface area contributed by atoms with Crippen LogP contribution in [0.3, 0.4) is 0 Å². The summed E-state index contributed by atoms with van der Waals surface area (Å²) in [6.45, 7) is 4.02. The predicted molar refractivity (Wildman–Crippen MR) is 119 cm³/mol. The molecule has 1 N–H and O–H groups in total. The lowest BCUT2D eigenvalue weighted by Gasteiger charge is -2.18. The van der Waals surface area contributed by atoms with Gasteiger partial charge in [0, 0.05) is 6.42 Å². The van der Waals surface area contributed by atoms with Crippen molar-refractivity contribution in [3.8, 4) is 5.88 Å². The van der Waals surface area contributed by atoms with Gasteiger partial charge >= 0.3 is 5.97 Å². The van der Waals surface area contributed by atoms with E-state index in [1.807, 2.05) is 61.5 Å². The van der Waals surface area contributed by atoms with Crippen LogP contribution in [0.1, 0.15) is 29.0 Å². The molecule has 3 rings (SSSR count). The average Bonchev–Trinajstić information content (AvgIpc) is 3.00. The van der Waals surface area contributed by atoms with Crippen LogP contribution in [0.2, 0.25) is 0 Å². The highest BCUT2D eigenvalue weighted by atomic mass is 32.1. The number of benzene rings is 2. The van der Waals surface area contributed by atoms with Crippen molar-refractivity contribution >= 4 is 41.4 Å². The van der Waals surface area contributed by atoms with Crippen molar-refractivity contribution in [1.29, 1.82) is 0 Å². The average molecular weight is 427 g/mol. The molecule has 1 atom stereocenters. The van der Waals surface area contributed by atoms with Crippen molar-refractivity contribution in [2.24, 2.45) is 4.99 Å². The van der Waals surface area contributed by atoms with Crippen molar-refractivity contribution in [3.05, 3.63) is 74.6 Å². The lowest BCUT2D eigenvalue weighted by Crippen LogP contribution is -2.24. The van der Waals surface area contributed by atoms with Crippen LogP contribution in [0.25, 0.3) is 0 Å². The van der Waals surface area contributed by atoms with Gasteiger partial charge in [-0.25, -0.2) is 4.79 Å². The fraction of sp³-hybridized carbons (Fsp3) is 0.227. The molecule has 29 heavy (non-hydrogen) atoms. The Morgan fingerprint density at radius 1 is 1.24 bits per heavy atom. The molecule has 0 unspecified atom stereocenters. The van der Waals surface area contributed by atoms with Crippen LogP contribution in [0, 0.1) is 10.9 Å². The molecule has 5 nitrogen and oxygen atoms in total. The Morgan fingerprint density at radius 2 is 1.93 bits per heavy atom. The highest BCUT2D eigenvalue weighted by Crippen LogP contribution is 2.31. The second-order valence-electron chi connectivity index (χ2n) is 6.48. The first kappa shape index (κ1) is 21.0. The highest BCUT2D eigenvalue weighted by Gasteiger charge is 2.27. The molecule has 0 radical (unpaired) electrons. The number of aryl methyl sites for hydroxylation is 1. The van der Waals surface area contributed by atoms with Gasteiger partial charge < -0.3 is 9.84 Å². The largest absolute Gasteiger partial charge is 0.493 e. The van der Waals surface area contributed by atoms with Gasteiger partial charge in [0.15, 0.2) is 3.95 Å². The zero-order valence-corrected chi connectivity index (χ0v) is 17.9. The van der Waals surface area contributed by atoms with Gasteiger partial charge in [0.05, 0.1) is 18.5 Å². The van der Waals surface area contributed by atoms with E-state index in [0.29, 0.717) is 15.3 Å². The van der Waals surface area contributed by atoms with Gasteiger partial charge in [0.2, 0.25) is 5.88 Å². The number of carbonyl (C=O) groups excluding carboxylic acids is 1. The number of aromatic nitrogens is 1. The second-order valence-corrected chi connectivity index (χ2v) is 8.15. The Bertz CT molecular complexity index is 1050. The Kier molecular flexibility index (Phi) is 6.95. The molecule has 2 aromatic carbocycles. The Labute approximate surface area is 178 Å². The molecule has 0 saturated carbocycles. The van der Waals surface area contributed by atoms with Crippen LogP contribution < -0.4 is 0 Å². The number of hydrogen-bond acceptors (Lipinski definition) is 6. The van der Waals surface area contributed by atoms with Crippen LogP contribution in [0.5, 0.6) is 5.88 Å². The van der Waals surface area contributed by atoms with Crippen molar-refractivity contribution in [2.45, 2.75) is 26.3 Å². The first-order valence-corrected chi connectivity index (χ1v) is 10.5. The van der Waals surface area contributed by atoms with Crippen molar-refractivity contribution in [3.63, 3.8) is 0 Å². The maximum absolute atomic E-state index is 12.6. The first-order chi connectivity index (χ1) is 14.0. The van der Waals surface area contributed by atoms with E-state index < -0.39 is 12.0 Å². The highest BCUT2D eigenvalue weighted by molar-refractivity contribution is 7.73. The third-order valence-corrected chi connectivity index (χ3v) is 5.68. The molecule has 3 aromatic rings. The van der Waals surface area contributed by atoms with E-state index in [0.717, 1.165) is 16.8 Å². The number of rotatable bonds is 7. The maximum atomic E-state index is 12.6.